The lowest BCUT2D eigenvalue weighted by Crippen LogP contribution is -1.87. The van der Waals surface area contributed by atoms with Gasteiger partial charge in [0, 0.05) is 18.0 Å². The Labute approximate surface area is 107 Å². The predicted molar refractivity (Wildman–Crippen MR) is 74.9 cm³/mol. The Morgan fingerprint density at radius 3 is 2.94 bits per heavy atom. The third-order valence-corrected chi connectivity index (χ3v) is 2.65. The monoisotopic (exact) mass is 237 g/mol. The first-order valence-corrected chi connectivity index (χ1v) is 5.66. The molecule has 3 nitrogen and oxygen atoms in total. The molecular weight excluding hydrogens is 222 g/mol. The number of H-pyrrole nitrogens is 1. The van der Waals surface area contributed by atoms with Crippen molar-refractivity contribution in [3.05, 3.63) is 67.3 Å². The first-order chi connectivity index (χ1) is 8.72. The van der Waals surface area contributed by atoms with E-state index in [0.717, 1.165) is 28.2 Å². The maximum absolute atomic E-state index is 4.36. The van der Waals surface area contributed by atoms with Crippen LogP contribution in [0.2, 0.25) is 0 Å². The first-order valence-electron chi connectivity index (χ1n) is 5.66. The van der Waals surface area contributed by atoms with Gasteiger partial charge in [0.05, 0.1) is 11.9 Å². The lowest BCUT2D eigenvalue weighted by atomic mass is 10.1. The SMILES string of the molecule is C=C/C=C\C(=C)c1cnc(-c2cnccc2C)[nH]1. The summed E-state index contributed by atoms with van der Waals surface area (Å²) in [7, 11) is 0. The average Bonchev–Trinajstić information content (AvgIpc) is 2.86. The summed E-state index contributed by atoms with van der Waals surface area (Å²) in [5.41, 5.74) is 3.91. The number of aromatic nitrogens is 3. The molecule has 0 radical (unpaired) electrons. The molecule has 2 aromatic rings. The van der Waals surface area contributed by atoms with Crippen LogP contribution in [0.1, 0.15) is 11.3 Å². The number of hydrogen-bond acceptors (Lipinski definition) is 2. The van der Waals surface area contributed by atoms with Gasteiger partial charge < -0.3 is 4.98 Å². The highest BCUT2D eigenvalue weighted by Crippen LogP contribution is 2.21. The first kappa shape index (κ1) is 12.0. The number of aryl methyl sites for hydroxylation is 1. The summed E-state index contributed by atoms with van der Waals surface area (Å²) in [4.78, 5) is 11.7. The van der Waals surface area contributed by atoms with Crippen LogP contribution < -0.4 is 0 Å². The van der Waals surface area contributed by atoms with Crippen molar-refractivity contribution < 1.29 is 0 Å². The second kappa shape index (κ2) is 5.27. The van der Waals surface area contributed by atoms with Crippen LogP contribution in [0.5, 0.6) is 0 Å². The highest BCUT2D eigenvalue weighted by atomic mass is 14.9. The molecule has 0 fully saturated rings. The van der Waals surface area contributed by atoms with Crippen LogP contribution in [0, 0.1) is 6.92 Å². The number of nitrogens with zero attached hydrogens (tertiary/aromatic N) is 2. The van der Waals surface area contributed by atoms with E-state index >= 15 is 0 Å². The predicted octanol–water partition coefficient (Wildman–Crippen LogP) is 3.54. The number of hydrogen-bond donors (Lipinski definition) is 1. The molecule has 18 heavy (non-hydrogen) atoms. The summed E-state index contributed by atoms with van der Waals surface area (Å²) in [6.45, 7) is 9.63. The molecule has 0 aliphatic carbocycles. The quantitative estimate of drug-likeness (QED) is 0.826. The lowest BCUT2D eigenvalue weighted by molar-refractivity contribution is 1.22. The zero-order chi connectivity index (χ0) is 13.0. The van der Waals surface area contributed by atoms with E-state index in [0.29, 0.717) is 0 Å². The van der Waals surface area contributed by atoms with Crippen molar-refractivity contribution in [3.8, 4) is 11.4 Å². The third-order valence-electron chi connectivity index (χ3n) is 2.65. The second-order valence-corrected chi connectivity index (χ2v) is 3.96. The molecule has 0 unspecified atom stereocenters. The molecule has 0 aliphatic rings. The summed E-state index contributed by atoms with van der Waals surface area (Å²) in [5.74, 6) is 0.809. The van der Waals surface area contributed by atoms with Crippen LogP contribution in [0.15, 0.2) is 56.0 Å². The van der Waals surface area contributed by atoms with Crippen molar-refractivity contribution in [2.45, 2.75) is 6.92 Å². The fourth-order valence-electron chi connectivity index (χ4n) is 1.61. The second-order valence-electron chi connectivity index (χ2n) is 3.96. The summed E-state index contributed by atoms with van der Waals surface area (Å²) in [6.07, 6.45) is 10.8. The third kappa shape index (κ3) is 2.46. The van der Waals surface area contributed by atoms with Gasteiger partial charge in [0.25, 0.3) is 0 Å². The summed E-state index contributed by atoms with van der Waals surface area (Å²) in [5, 5.41) is 0. The maximum atomic E-state index is 4.36. The average molecular weight is 237 g/mol. The number of imidazole rings is 1. The van der Waals surface area contributed by atoms with E-state index in [-0.39, 0.29) is 0 Å². The van der Waals surface area contributed by atoms with Crippen LogP contribution in [0.3, 0.4) is 0 Å². The standard InChI is InChI=1S/C15H15N3/c1-4-5-6-12(3)14-10-17-15(18-14)13-9-16-8-7-11(13)2/h4-10H,1,3H2,2H3,(H,17,18)/b6-5-. The molecular formula is C15H15N3. The van der Waals surface area contributed by atoms with Gasteiger partial charge in [0.1, 0.15) is 5.82 Å². The molecule has 2 heterocycles. The minimum atomic E-state index is 0.809. The van der Waals surface area contributed by atoms with Gasteiger partial charge in [-0.15, -0.1) is 0 Å². The highest BCUT2D eigenvalue weighted by molar-refractivity contribution is 5.71. The lowest BCUT2D eigenvalue weighted by Gasteiger charge is -2.00. The van der Waals surface area contributed by atoms with Crippen molar-refractivity contribution in [2.24, 2.45) is 0 Å². The summed E-state index contributed by atoms with van der Waals surface area (Å²) < 4.78 is 0. The van der Waals surface area contributed by atoms with Crippen molar-refractivity contribution in [3.63, 3.8) is 0 Å². The van der Waals surface area contributed by atoms with Crippen LogP contribution in [-0.4, -0.2) is 15.0 Å². The van der Waals surface area contributed by atoms with E-state index in [9.17, 15) is 0 Å². The Hall–Kier alpha value is -2.42. The number of allylic oxidation sites excluding steroid dienone is 4. The zero-order valence-electron chi connectivity index (χ0n) is 10.4. The maximum Gasteiger partial charge on any atom is 0.139 e. The van der Waals surface area contributed by atoms with Crippen LogP contribution in [-0.2, 0) is 0 Å². The molecule has 0 saturated carbocycles. The van der Waals surface area contributed by atoms with Crippen LogP contribution >= 0.6 is 0 Å². The molecule has 0 spiro atoms. The zero-order valence-corrected chi connectivity index (χ0v) is 10.4. The Bertz CT molecular complexity index is 606. The molecule has 0 aromatic carbocycles. The largest absolute Gasteiger partial charge is 0.338 e. The Morgan fingerprint density at radius 1 is 1.39 bits per heavy atom. The van der Waals surface area contributed by atoms with Crippen molar-refractivity contribution >= 4 is 5.57 Å². The summed E-state index contributed by atoms with van der Waals surface area (Å²) >= 11 is 0. The van der Waals surface area contributed by atoms with Crippen LogP contribution in [0.25, 0.3) is 17.0 Å². The van der Waals surface area contributed by atoms with Gasteiger partial charge in [0.2, 0.25) is 0 Å². The van der Waals surface area contributed by atoms with E-state index in [1.165, 1.54) is 0 Å². The molecule has 0 amide bonds. The Balaban J connectivity index is 2.31. The Kier molecular flexibility index (Phi) is 3.53. The van der Waals surface area contributed by atoms with Gasteiger partial charge >= 0.3 is 0 Å². The minimum absolute atomic E-state index is 0.809. The molecule has 2 aromatic heterocycles. The molecule has 2 rings (SSSR count). The minimum Gasteiger partial charge on any atom is -0.338 e. The van der Waals surface area contributed by atoms with Crippen molar-refractivity contribution in [1.29, 1.82) is 0 Å². The van der Waals surface area contributed by atoms with Crippen molar-refractivity contribution in [1.82, 2.24) is 15.0 Å². The molecule has 1 N–H and O–H groups in total. The van der Waals surface area contributed by atoms with Gasteiger partial charge in [0.15, 0.2) is 0 Å². The molecule has 3 heteroatoms. The van der Waals surface area contributed by atoms with Crippen LogP contribution in [0.4, 0.5) is 0 Å². The molecule has 0 saturated heterocycles. The van der Waals surface area contributed by atoms with E-state index in [1.807, 2.05) is 25.1 Å². The fourth-order valence-corrected chi connectivity index (χ4v) is 1.61. The normalized spacial score (nSPS) is 10.7. The highest BCUT2D eigenvalue weighted by Gasteiger charge is 2.06. The smallest absolute Gasteiger partial charge is 0.139 e. The molecule has 0 atom stereocenters. The van der Waals surface area contributed by atoms with Gasteiger partial charge in [-0.25, -0.2) is 4.98 Å². The van der Waals surface area contributed by atoms with E-state index in [2.05, 4.69) is 28.1 Å². The number of aromatic amines is 1. The summed E-state index contributed by atoms with van der Waals surface area (Å²) in [6, 6.07) is 1.96. The van der Waals surface area contributed by atoms with E-state index in [1.54, 1.807) is 24.7 Å². The fraction of sp³-hybridized carbons (Fsp3) is 0.0667. The number of rotatable bonds is 4. The topological polar surface area (TPSA) is 41.6 Å². The molecule has 0 aliphatic heterocycles. The van der Waals surface area contributed by atoms with E-state index in [4.69, 9.17) is 0 Å². The van der Waals surface area contributed by atoms with Crippen molar-refractivity contribution in [2.75, 3.05) is 0 Å². The molecule has 90 valence electrons. The van der Waals surface area contributed by atoms with Gasteiger partial charge in [-0.3, -0.25) is 4.98 Å². The number of nitrogens with one attached hydrogen (secondary N) is 1. The molecule has 0 bridgehead atoms. The number of pyridine rings is 1. The van der Waals surface area contributed by atoms with E-state index < -0.39 is 0 Å². The van der Waals surface area contributed by atoms with Gasteiger partial charge in [-0.05, 0) is 24.1 Å². The Morgan fingerprint density at radius 2 is 2.22 bits per heavy atom. The van der Waals surface area contributed by atoms with Gasteiger partial charge in [-0.2, -0.15) is 0 Å². The van der Waals surface area contributed by atoms with Gasteiger partial charge in [-0.1, -0.05) is 31.4 Å².